The van der Waals surface area contributed by atoms with Gasteiger partial charge >= 0.3 is 0 Å². The average Bonchev–Trinajstić information content (AvgIpc) is 2.74. The first-order valence-electron chi connectivity index (χ1n) is 9.73. The smallest absolute Gasteiger partial charge is 0.244 e. The summed E-state index contributed by atoms with van der Waals surface area (Å²) in [7, 11) is 0. The van der Waals surface area contributed by atoms with Crippen LogP contribution in [0.5, 0.6) is 0 Å². The van der Waals surface area contributed by atoms with Gasteiger partial charge in [0.15, 0.2) is 5.82 Å². The molecule has 2 aromatic carbocycles. The van der Waals surface area contributed by atoms with Crippen LogP contribution in [0.3, 0.4) is 0 Å². The first-order chi connectivity index (χ1) is 13.7. The summed E-state index contributed by atoms with van der Waals surface area (Å²) in [5, 5.41) is 11.6. The summed E-state index contributed by atoms with van der Waals surface area (Å²) in [5.41, 5.74) is 5.05. The largest absolute Gasteiger partial charge is 0.368 e. The lowest BCUT2D eigenvalue weighted by atomic mass is 10.1. The van der Waals surface area contributed by atoms with Crippen LogP contribution < -0.4 is 15.1 Å². The van der Waals surface area contributed by atoms with E-state index in [1.807, 2.05) is 0 Å². The monoisotopic (exact) mass is 374 g/mol. The van der Waals surface area contributed by atoms with E-state index in [1.54, 1.807) is 6.20 Å². The Morgan fingerprint density at radius 3 is 2.39 bits per heavy atom. The van der Waals surface area contributed by atoms with Gasteiger partial charge in [-0.2, -0.15) is 10.1 Å². The number of nitrogens with one attached hydrogen (secondary N) is 1. The molecule has 0 radical (unpaired) electrons. The van der Waals surface area contributed by atoms with Crippen molar-refractivity contribution in [1.82, 2.24) is 15.2 Å². The second-order valence-electron chi connectivity index (χ2n) is 7.29. The number of benzene rings is 2. The molecule has 3 aromatic rings. The number of anilines is 3. The summed E-state index contributed by atoms with van der Waals surface area (Å²) in [6.45, 7) is 8.70. The minimum atomic E-state index is 0.569. The molecule has 0 spiro atoms. The normalized spacial score (nSPS) is 14.2. The van der Waals surface area contributed by atoms with E-state index >= 15 is 0 Å². The highest BCUT2D eigenvalue weighted by molar-refractivity contribution is 5.51. The zero-order valence-corrected chi connectivity index (χ0v) is 16.5. The zero-order valence-electron chi connectivity index (χ0n) is 16.5. The third kappa shape index (κ3) is 4.39. The minimum absolute atomic E-state index is 0.569. The molecule has 1 N–H and O–H groups in total. The molecule has 0 atom stereocenters. The maximum atomic E-state index is 4.66. The number of aromatic nitrogens is 3. The van der Waals surface area contributed by atoms with E-state index in [-0.39, 0.29) is 0 Å². The van der Waals surface area contributed by atoms with Gasteiger partial charge in [0, 0.05) is 38.4 Å². The molecular formula is C22H26N6. The van der Waals surface area contributed by atoms with Crippen LogP contribution in [-0.4, -0.2) is 41.4 Å². The second-order valence-corrected chi connectivity index (χ2v) is 7.29. The Labute approximate surface area is 166 Å². The van der Waals surface area contributed by atoms with Crippen molar-refractivity contribution in [3.05, 3.63) is 71.4 Å². The summed E-state index contributed by atoms with van der Waals surface area (Å²) in [5.74, 6) is 1.45. The van der Waals surface area contributed by atoms with E-state index < -0.39 is 0 Å². The second kappa shape index (κ2) is 8.25. The van der Waals surface area contributed by atoms with Gasteiger partial charge in [-0.3, -0.25) is 0 Å². The Kier molecular flexibility index (Phi) is 5.37. The number of hydrogen-bond acceptors (Lipinski definition) is 6. The summed E-state index contributed by atoms with van der Waals surface area (Å²) < 4.78 is 0. The Hall–Kier alpha value is -3.15. The van der Waals surface area contributed by atoms with Gasteiger partial charge in [-0.25, -0.2) is 0 Å². The van der Waals surface area contributed by atoms with Crippen LogP contribution in [0, 0.1) is 13.8 Å². The molecule has 6 heteroatoms. The Balaban J connectivity index is 1.36. The van der Waals surface area contributed by atoms with E-state index in [0.717, 1.165) is 32.0 Å². The number of nitrogens with zero attached hydrogens (tertiary/aromatic N) is 5. The van der Waals surface area contributed by atoms with Crippen LogP contribution >= 0.6 is 0 Å². The van der Waals surface area contributed by atoms with Gasteiger partial charge in [-0.1, -0.05) is 42.0 Å². The molecule has 2 heterocycles. The highest BCUT2D eigenvalue weighted by Gasteiger charge is 2.19. The van der Waals surface area contributed by atoms with Crippen molar-refractivity contribution in [2.45, 2.75) is 20.4 Å². The first kappa shape index (κ1) is 18.2. The van der Waals surface area contributed by atoms with Gasteiger partial charge in [0.1, 0.15) is 0 Å². The molecule has 0 bridgehead atoms. The van der Waals surface area contributed by atoms with Crippen LogP contribution in [0.4, 0.5) is 17.5 Å². The van der Waals surface area contributed by atoms with Crippen molar-refractivity contribution in [2.75, 3.05) is 41.3 Å². The highest BCUT2D eigenvalue weighted by atomic mass is 15.3. The lowest BCUT2D eigenvalue weighted by Crippen LogP contribution is -2.47. The molecular weight excluding hydrogens is 348 g/mol. The highest BCUT2D eigenvalue weighted by Crippen LogP contribution is 2.20. The fourth-order valence-corrected chi connectivity index (χ4v) is 3.43. The molecule has 6 nitrogen and oxygen atoms in total. The standard InChI is InChI=1S/C22H26N6/c1-17-6-8-19(9-7-17)15-23-22-25-21(16-24-26-22)28-12-10-27(11-13-28)20-5-3-4-18(2)14-20/h3-9,14,16H,10-13,15H2,1-2H3,(H,23,25,26). The summed E-state index contributed by atoms with van der Waals surface area (Å²) in [6, 6.07) is 17.1. The number of piperazine rings is 1. The molecule has 1 saturated heterocycles. The molecule has 0 saturated carbocycles. The lowest BCUT2D eigenvalue weighted by molar-refractivity contribution is 0.644. The van der Waals surface area contributed by atoms with Crippen molar-refractivity contribution >= 4 is 17.5 Å². The van der Waals surface area contributed by atoms with Gasteiger partial charge < -0.3 is 15.1 Å². The van der Waals surface area contributed by atoms with E-state index in [2.05, 4.69) is 92.7 Å². The Bertz CT molecular complexity index is 916. The Morgan fingerprint density at radius 2 is 1.64 bits per heavy atom. The van der Waals surface area contributed by atoms with Crippen LogP contribution in [-0.2, 0) is 6.54 Å². The molecule has 0 amide bonds. The van der Waals surface area contributed by atoms with Crippen molar-refractivity contribution < 1.29 is 0 Å². The third-order valence-electron chi connectivity index (χ3n) is 5.09. The maximum absolute atomic E-state index is 4.66. The maximum Gasteiger partial charge on any atom is 0.244 e. The van der Waals surface area contributed by atoms with Crippen molar-refractivity contribution in [3.8, 4) is 0 Å². The minimum Gasteiger partial charge on any atom is -0.368 e. The van der Waals surface area contributed by atoms with Crippen molar-refractivity contribution in [1.29, 1.82) is 0 Å². The predicted molar refractivity (Wildman–Crippen MR) is 114 cm³/mol. The molecule has 4 rings (SSSR count). The van der Waals surface area contributed by atoms with Crippen molar-refractivity contribution in [2.24, 2.45) is 0 Å². The number of rotatable bonds is 5. The topological polar surface area (TPSA) is 57.2 Å². The lowest BCUT2D eigenvalue weighted by Gasteiger charge is -2.36. The summed E-state index contributed by atoms with van der Waals surface area (Å²) in [6.07, 6.45) is 1.75. The van der Waals surface area contributed by atoms with Gasteiger partial charge in [-0.05, 0) is 37.1 Å². The molecule has 0 unspecified atom stereocenters. The molecule has 144 valence electrons. The van der Waals surface area contributed by atoms with E-state index in [1.165, 1.54) is 22.4 Å². The van der Waals surface area contributed by atoms with Gasteiger partial charge in [0.25, 0.3) is 0 Å². The SMILES string of the molecule is Cc1ccc(CNc2nncc(N3CCN(c4cccc(C)c4)CC3)n2)cc1. The molecule has 1 aliphatic rings. The number of hydrogen-bond donors (Lipinski definition) is 1. The zero-order chi connectivity index (χ0) is 19.3. The summed E-state index contributed by atoms with van der Waals surface area (Å²) >= 11 is 0. The summed E-state index contributed by atoms with van der Waals surface area (Å²) in [4.78, 5) is 9.36. The quantitative estimate of drug-likeness (QED) is 0.738. The number of aryl methyl sites for hydroxylation is 2. The first-order valence-corrected chi connectivity index (χ1v) is 9.73. The van der Waals surface area contributed by atoms with Crippen LogP contribution in [0.15, 0.2) is 54.7 Å². The Morgan fingerprint density at radius 1 is 0.893 bits per heavy atom. The van der Waals surface area contributed by atoms with E-state index in [9.17, 15) is 0 Å². The van der Waals surface area contributed by atoms with Crippen LogP contribution in [0.25, 0.3) is 0 Å². The molecule has 1 aliphatic heterocycles. The predicted octanol–water partition coefficient (Wildman–Crippen LogP) is 3.43. The van der Waals surface area contributed by atoms with Crippen molar-refractivity contribution in [3.63, 3.8) is 0 Å². The fraction of sp³-hybridized carbons (Fsp3) is 0.318. The van der Waals surface area contributed by atoms with Gasteiger partial charge in [0.05, 0.1) is 6.20 Å². The van der Waals surface area contributed by atoms with E-state index in [0.29, 0.717) is 12.5 Å². The molecule has 0 aliphatic carbocycles. The third-order valence-corrected chi connectivity index (χ3v) is 5.09. The van der Waals surface area contributed by atoms with Crippen LogP contribution in [0.2, 0.25) is 0 Å². The molecule has 1 aromatic heterocycles. The van der Waals surface area contributed by atoms with Gasteiger partial charge in [0.2, 0.25) is 5.95 Å². The van der Waals surface area contributed by atoms with Gasteiger partial charge in [-0.15, -0.1) is 5.10 Å². The van der Waals surface area contributed by atoms with E-state index in [4.69, 9.17) is 0 Å². The molecule has 28 heavy (non-hydrogen) atoms. The van der Waals surface area contributed by atoms with Crippen LogP contribution in [0.1, 0.15) is 16.7 Å². The fourth-order valence-electron chi connectivity index (χ4n) is 3.43. The average molecular weight is 374 g/mol. The molecule has 1 fully saturated rings.